The lowest BCUT2D eigenvalue weighted by Crippen LogP contribution is -2.40. The van der Waals surface area contributed by atoms with E-state index in [1.807, 2.05) is 20.9 Å². The third kappa shape index (κ3) is 4.56. The quantitative estimate of drug-likeness (QED) is 0.727. The molecule has 0 fully saturated rings. The van der Waals surface area contributed by atoms with Gasteiger partial charge in [0, 0.05) is 37.3 Å². The highest BCUT2D eigenvalue weighted by Crippen LogP contribution is 2.11. The molecular formula is C13H22N4O3. The Morgan fingerprint density at radius 1 is 1.40 bits per heavy atom. The zero-order valence-corrected chi connectivity index (χ0v) is 12.4. The van der Waals surface area contributed by atoms with E-state index in [1.165, 1.54) is 0 Å². The van der Waals surface area contributed by atoms with Gasteiger partial charge in [-0.1, -0.05) is 0 Å². The third-order valence-electron chi connectivity index (χ3n) is 3.25. The maximum absolute atomic E-state index is 11.7. The molecule has 0 saturated carbocycles. The average Bonchev–Trinajstić information content (AvgIpc) is 2.59. The normalized spacial score (nSPS) is 12.0. The van der Waals surface area contributed by atoms with Crippen LogP contribution < -0.4 is 10.6 Å². The lowest BCUT2D eigenvalue weighted by Gasteiger charge is -2.13. The molecule has 1 aromatic heterocycles. The minimum atomic E-state index is -0.860. The number of carbonyl (C=O) groups excluding carboxylic acids is 1. The number of aromatic nitrogens is 2. The van der Waals surface area contributed by atoms with E-state index in [-0.39, 0.29) is 18.5 Å². The molecule has 3 N–H and O–H groups in total. The topological polar surface area (TPSA) is 96.3 Å². The van der Waals surface area contributed by atoms with Crippen LogP contribution in [0.15, 0.2) is 0 Å². The molecule has 20 heavy (non-hydrogen) atoms. The smallest absolute Gasteiger partial charge is 0.315 e. The van der Waals surface area contributed by atoms with Crippen molar-refractivity contribution < 1.29 is 14.7 Å². The lowest BCUT2D eigenvalue weighted by atomic mass is 10.2. The first-order chi connectivity index (χ1) is 9.31. The van der Waals surface area contributed by atoms with Crippen molar-refractivity contribution in [3.63, 3.8) is 0 Å². The van der Waals surface area contributed by atoms with E-state index < -0.39 is 5.97 Å². The number of carboxylic acids is 1. The van der Waals surface area contributed by atoms with E-state index in [0.29, 0.717) is 13.0 Å². The molecule has 1 rings (SSSR count). The molecule has 0 saturated heterocycles. The van der Waals surface area contributed by atoms with Gasteiger partial charge in [-0.05, 0) is 27.2 Å². The average molecular weight is 282 g/mol. The molecule has 7 nitrogen and oxygen atoms in total. The van der Waals surface area contributed by atoms with Gasteiger partial charge in [-0.25, -0.2) is 4.79 Å². The Kier molecular flexibility index (Phi) is 5.54. The van der Waals surface area contributed by atoms with Gasteiger partial charge in [0.25, 0.3) is 0 Å². The summed E-state index contributed by atoms with van der Waals surface area (Å²) >= 11 is 0. The van der Waals surface area contributed by atoms with Crippen molar-refractivity contribution in [2.24, 2.45) is 7.05 Å². The molecule has 0 aliphatic rings. The van der Waals surface area contributed by atoms with E-state index >= 15 is 0 Å². The first-order valence-corrected chi connectivity index (χ1v) is 6.56. The molecule has 1 atom stereocenters. The SMILES string of the molecule is Cc1nn(C)c(C)c1CNC(=O)NC(C)CCC(=O)O. The van der Waals surface area contributed by atoms with E-state index in [9.17, 15) is 9.59 Å². The highest BCUT2D eigenvalue weighted by molar-refractivity contribution is 5.74. The first-order valence-electron chi connectivity index (χ1n) is 6.56. The van der Waals surface area contributed by atoms with Crippen LogP contribution in [0.4, 0.5) is 4.79 Å². The van der Waals surface area contributed by atoms with E-state index in [1.54, 1.807) is 11.6 Å². The predicted octanol–water partition coefficient (Wildman–Crippen LogP) is 1.09. The molecular weight excluding hydrogens is 260 g/mol. The van der Waals surface area contributed by atoms with Crippen molar-refractivity contribution in [3.05, 3.63) is 17.0 Å². The number of aliphatic carboxylic acids is 1. The highest BCUT2D eigenvalue weighted by Gasteiger charge is 2.12. The summed E-state index contributed by atoms with van der Waals surface area (Å²) in [6.07, 6.45) is 0.454. The fourth-order valence-corrected chi connectivity index (χ4v) is 1.93. The number of aryl methyl sites for hydroxylation is 2. The van der Waals surface area contributed by atoms with Gasteiger partial charge in [0.05, 0.1) is 5.69 Å². The lowest BCUT2D eigenvalue weighted by molar-refractivity contribution is -0.137. The summed E-state index contributed by atoms with van der Waals surface area (Å²) in [5.41, 5.74) is 2.91. The molecule has 0 bridgehead atoms. The largest absolute Gasteiger partial charge is 0.481 e. The molecule has 1 heterocycles. The van der Waals surface area contributed by atoms with Crippen molar-refractivity contribution >= 4 is 12.0 Å². The zero-order valence-electron chi connectivity index (χ0n) is 12.4. The molecule has 0 aliphatic carbocycles. The Hall–Kier alpha value is -2.05. The molecule has 0 radical (unpaired) electrons. The molecule has 0 aromatic carbocycles. The number of nitrogens with zero attached hydrogens (tertiary/aromatic N) is 2. The summed E-state index contributed by atoms with van der Waals surface area (Å²) in [6.45, 7) is 6.04. The molecule has 0 aliphatic heterocycles. The minimum Gasteiger partial charge on any atom is -0.481 e. The van der Waals surface area contributed by atoms with Crippen LogP contribution in [0.2, 0.25) is 0 Å². The molecule has 2 amide bonds. The van der Waals surface area contributed by atoms with E-state index in [2.05, 4.69) is 15.7 Å². The number of hydrogen-bond donors (Lipinski definition) is 3. The van der Waals surface area contributed by atoms with Gasteiger partial charge in [0.1, 0.15) is 0 Å². The summed E-state index contributed by atoms with van der Waals surface area (Å²) < 4.78 is 1.78. The van der Waals surface area contributed by atoms with Crippen LogP contribution in [-0.2, 0) is 18.4 Å². The van der Waals surface area contributed by atoms with Crippen LogP contribution >= 0.6 is 0 Å². The van der Waals surface area contributed by atoms with Crippen molar-refractivity contribution in [1.29, 1.82) is 0 Å². The van der Waals surface area contributed by atoms with Crippen molar-refractivity contribution in [2.45, 2.75) is 46.2 Å². The zero-order chi connectivity index (χ0) is 15.3. The highest BCUT2D eigenvalue weighted by atomic mass is 16.4. The number of nitrogens with one attached hydrogen (secondary N) is 2. The van der Waals surface area contributed by atoms with Crippen LogP contribution in [0.5, 0.6) is 0 Å². The Balaban J connectivity index is 2.41. The number of carboxylic acid groups (broad SMARTS) is 1. The van der Waals surface area contributed by atoms with Gasteiger partial charge < -0.3 is 15.7 Å². The van der Waals surface area contributed by atoms with Gasteiger partial charge in [0.15, 0.2) is 0 Å². The van der Waals surface area contributed by atoms with E-state index in [0.717, 1.165) is 17.0 Å². The number of rotatable bonds is 6. The number of urea groups is 1. The van der Waals surface area contributed by atoms with Crippen LogP contribution in [-0.4, -0.2) is 32.9 Å². The summed E-state index contributed by atoms with van der Waals surface area (Å²) in [5.74, 6) is -0.860. The first kappa shape index (κ1) is 16.0. The summed E-state index contributed by atoms with van der Waals surface area (Å²) in [7, 11) is 1.86. The second kappa shape index (κ2) is 6.93. The summed E-state index contributed by atoms with van der Waals surface area (Å²) in [4.78, 5) is 22.1. The molecule has 1 unspecified atom stereocenters. The second-order valence-corrected chi connectivity index (χ2v) is 4.93. The van der Waals surface area contributed by atoms with Crippen LogP contribution in [0, 0.1) is 13.8 Å². The summed E-state index contributed by atoms with van der Waals surface area (Å²) in [6, 6.07) is -0.479. The standard InChI is InChI=1S/C13H22N4O3/c1-8(5-6-12(18)19)15-13(20)14-7-11-9(2)16-17(4)10(11)3/h8H,5-7H2,1-4H3,(H,18,19)(H2,14,15,20). The van der Waals surface area contributed by atoms with Crippen molar-refractivity contribution in [2.75, 3.05) is 0 Å². The van der Waals surface area contributed by atoms with Crippen molar-refractivity contribution in [3.8, 4) is 0 Å². The van der Waals surface area contributed by atoms with Crippen LogP contribution in [0.1, 0.15) is 36.7 Å². The van der Waals surface area contributed by atoms with Gasteiger partial charge in [-0.2, -0.15) is 5.10 Å². The van der Waals surface area contributed by atoms with Gasteiger partial charge in [-0.3, -0.25) is 9.48 Å². The number of amides is 2. The molecule has 112 valence electrons. The Morgan fingerprint density at radius 3 is 2.55 bits per heavy atom. The summed E-state index contributed by atoms with van der Waals surface area (Å²) in [5, 5.41) is 18.3. The van der Waals surface area contributed by atoms with E-state index in [4.69, 9.17) is 5.11 Å². The molecule has 1 aromatic rings. The Bertz CT molecular complexity index is 496. The van der Waals surface area contributed by atoms with Crippen LogP contribution in [0.3, 0.4) is 0 Å². The number of carbonyl (C=O) groups is 2. The number of hydrogen-bond acceptors (Lipinski definition) is 3. The van der Waals surface area contributed by atoms with Gasteiger partial charge in [0.2, 0.25) is 0 Å². The molecule has 7 heteroatoms. The molecule has 0 spiro atoms. The van der Waals surface area contributed by atoms with Gasteiger partial charge in [-0.15, -0.1) is 0 Å². The second-order valence-electron chi connectivity index (χ2n) is 4.93. The monoisotopic (exact) mass is 282 g/mol. The van der Waals surface area contributed by atoms with Crippen molar-refractivity contribution in [1.82, 2.24) is 20.4 Å². The predicted molar refractivity (Wildman–Crippen MR) is 74.4 cm³/mol. The fraction of sp³-hybridized carbons (Fsp3) is 0.615. The maximum atomic E-state index is 11.7. The van der Waals surface area contributed by atoms with Gasteiger partial charge >= 0.3 is 12.0 Å². The van der Waals surface area contributed by atoms with Crippen LogP contribution in [0.25, 0.3) is 0 Å². The maximum Gasteiger partial charge on any atom is 0.315 e. The fourth-order valence-electron chi connectivity index (χ4n) is 1.93. The Morgan fingerprint density at radius 2 is 2.05 bits per heavy atom. The minimum absolute atomic E-state index is 0.0439. The Labute approximate surface area is 118 Å². The third-order valence-corrected chi connectivity index (χ3v) is 3.25.